The Kier molecular flexibility index (Phi) is 4.12. The van der Waals surface area contributed by atoms with Crippen molar-refractivity contribution >= 4 is 0 Å². The molecule has 0 saturated heterocycles. The lowest BCUT2D eigenvalue weighted by Gasteiger charge is -2.15. The first-order valence-electron chi connectivity index (χ1n) is 6.27. The van der Waals surface area contributed by atoms with Gasteiger partial charge in [-0.05, 0) is 31.4 Å². The second-order valence-corrected chi connectivity index (χ2v) is 4.54. The van der Waals surface area contributed by atoms with Gasteiger partial charge in [0, 0.05) is 12.7 Å². The molecule has 0 radical (unpaired) electrons. The molecule has 0 aliphatic rings. The Morgan fingerprint density at radius 3 is 2.61 bits per heavy atom. The minimum Gasteiger partial charge on any atom is -0.273 e. The van der Waals surface area contributed by atoms with Crippen LogP contribution in [0.4, 0.5) is 0 Å². The number of nitrogens with one attached hydrogen (secondary N) is 1. The van der Waals surface area contributed by atoms with Gasteiger partial charge < -0.3 is 0 Å². The van der Waals surface area contributed by atoms with Gasteiger partial charge in [-0.15, -0.1) is 0 Å². The number of aromatic nitrogens is 2. The van der Waals surface area contributed by atoms with Gasteiger partial charge in [0.25, 0.3) is 0 Å². The zero-order valence-electron chi connectivity index (χ0n) is 10.9. The van der Waals surface area contributed by atoms with Crippen LogP contribution in [0.25, 0.3) is 0 Å². The minimum atomic E-state index is 0.125. The van der Waals surface area contributed by atoms with Crippen LogP contribution in [-0.4, -0.2) is 9.78 Å². The summed E-state index contributed by atoms with van der Waals surface area (Å²) in [6.07, 6.45) is 4.82. The normalized spacial score (nSPS) is 12.6. The fraction of sp³-hybridized carbons (Fsp3) is 0.357. The number of hydrogen-bond donors (Lipinski definition) is 2. The van der Waals surface area contributed by atoms with Crippen LogP contribution in [-0.2, 0) is 13.0 Å². The monoisotopic (exact) mass is 244 g/mol. The van der Waals surface area contributed by atoms with E-state index < -0.39 is 0 Å². The van der Waals surface area contributed by atoms with E-state index in [2.05, 4.69) is 54.8 Å². The van der Waals surface area contributed by atoms with E-state index in [-0.39, 0.29) is 6.04 Å². The van der Waals surface area contributed by atoms with Crippen molar-refractivity contribution in [2.75, 3.05) is 0 Å². The number of hydrazine groups is 1. The average molecular weight is 244 g/mol. The molecule has 1 aromatic carbocycles. The summed E-state index contributed by atoms with van der Waals surface area (Å²) >= 11 is 0. The molecule has 0 fully saturated rings. The van der Waals surface area contributed by atoms with E-state index in [4.69, 9.17) is 5.84 Å². The van der Waals surface area contributed by atoms with Gasteiger partial charge in [-0.3, -0.25) is 16.0 Å². The van der Waals surface area contributed by atoms with E-state index in [9.17, 15) is 0 Å². The molecule has 4 nitrogen and oxygen atoms in total. The molecule has 96 valence electrons. The van der Waals surface area contributed by atoms with E-state index in [0.717, 1.165) is 13.0 Å². The largest absolute Gasteiger partial charge is 0.273 e. The van der Waals surface area contributed by atoms with Crippen molar-refractivity contribution in [3.05, 3.63) is 53.3 Å². The van der Waals surface area contributed by atoms with Crippen molar-refractivity contribution in [1.82, 2.24) is 15.2 Å². The Morgan fingerprint density at radius 1 is 1.33 bits per heavy atom. The molecule has 0 aliphatic carbocycles. The van der Waals surface area contributed by atoms with E-state index in [1.807, 2.05) is 10.9 Å². The number of rotatable bonds is 5. The molecule has 0 amide bonds. The number of aryl methyl sites for hydroxylation is 2. The van der Waals surface area contributed by atoms with Crippen molar-refractivity contribution < 1.29 is 0 Å². The number of nitrogens with zero attached hydrogens (tertiary/aromatic N) is 2. The summed E-state index contributed by atoms with van der Waals surface area (Å²) in [5, 5.41) is 4.28. The van der Waals surface area contributed by atoms with Crippen LogP contribution in [0.1, 0.15) is 29.7 Å². The van der Waals surface area contributed by atoms with Crippen LogP contribution in [0.5, 0.6) is 0 Å². The van der Waals surface area contributed by atoms with Crippen molar-refractivity contribution in [2.24, 2.45) is 5.84 Å². The maximum atomic E-state index is 5.65. The van der Waals surface area contributed by atoms with Crippen LogP contribution in [0.2, 0.25) is 0 Å². The summed E-state index contributed by atoms with van der Waals surface area (Å²) in [4.78, 5) is 0. The van der Waals surface area contributed by atoms with Gasteiger partial charge >= 0.3 is 0 Å². The van der Waals surface area contributed by atoms with Crippen LogP contribution >= 0.6 is 0 Å². The third kappa shape index (κ3) is 2.97. The van der Waals surface area contributed by atoms with Crippen molar-refractivity contribution in [3.8, 4) is 0 Å². The quantitative estimate of drug-likeness (QED) is 0.624. The van der Waals surface area contributed by atoms with Crippen LogP contribution in [0.3, 0.4) is 0 Å². The molecular formula is C14H20N4. The zero-order chi connectivity index (χ0) is 13.0. The molecule has 1 heterocycles. The smallest absolute Gasteiger partial charge is 0.0522 e. The molecular weight excluding hydrogens is 224 g/mol. The molecule has 0 aliphatic heterocycles. The summed E-state index contributed by atoms with van der Waals surface area (Å²) in [6.45, 7) is 5.06. The Balaban J connectivity index is 2.11. The zero-order valence-corrected chi connectivity index (χ0v) is 10.9. The average Bonchev–Trinajstić information content (AvgIpc) is 2.85. The molecule has 18 heavy (non-hydrogen) atoms. The molecule has 1 atom stereocenters. The summed E-state index contributed by atoms with van der Waals surface area (Å²) in [7, 11) is 0. The van der Waals surface area contributed by atoms with Crippen LogP contribution < -0.4 is 11.3 Å². The predicted molar refractivity (Wildman–Crippen MR) is 72.8 cm³/mol. The van der Waals surface area contributed by atoms with Crippen molar-refractivity contribution in [3.63, 3.8) is 0 Å². The third-order valence-electron chi connectivity index (χ3n) is 3.13. The topological polar surface area (TPSA) is 55.9 Å². The highest BCUT2D eigenvalue weighted by atomic mass is 15.3. The lowest BCUT2D eigenvalue weighted by atomic mass is 10.0. The lowest BCUT2D eigenvalue weighted by molar-refractivity contribution is 0.551. The second-order valence-electron chi connectivity index (χ2n) is 4.54. The standard InChI is InChI=1S/C14H20N4/c1-3-18-10-12(9-16-18)8-14(17-15)13-6-4-11(2)5-7-13/h4-7,9-10,14,17H,3,8,15H2,1-2H3. The predicted octanol–water partition coefficient (Wildman–Crippen LogP) is 1.96. The first-order valence-corrected chi connectivity index (χ1v) is 6.27. The SMILES string of the molecule is CCn1cc(CC(NN)c2ccc(C)cc2)cn1. The molecule has 0 bridgehead atoms. The van der Waals surface area contributed by atoms with E-state index in [0.29, 0.717) is 0 Å². The molecule has 3 N–H and O–H groups in total. The summed E-state index contributed by atoms with van der Waals surface area (Å²) in [6, 6.07) is 8.57. The second kappa shape index (κ2) is 5.80. The van der Waals surface area contributed by atoms with Gasteiger partial charge in [0.15, 0.2) is 0 Å². The van der Waals surface area contributed by atoms with E-state index >= 15 is 0 Å². The lowest BCUT2D eigenvalue weighted by Crippen LogP contribution is -2.29. The number of nitrogens with two attached hydrogens (primary N) is 1. The fourth-order valence-corrected chi connectivity index (χ4v) is 1.99. The van der Waals surface area contributed by atoms with Gasteiger partial charge in [0.1, 0.15) is 0 Å². The molecule has 0 saturated carbocycles. The molecule has 2 aromatic rings. The summed E-state index contributed by atoms with van der Waals surface area (Å²) < 4.78 is 1.93. The van der Waals surface area contributed by atoms with Gasteiger partial charge in [-0.2, -0.15) is 5.10 Å². The van der Waals surface area contributed by atoms with Crippen LogP contribution in [0, 0.1) is 6.92 Å². The first-order chi connectivity index (χ1) is 8.72. The van der Waals surface area contributed by atoms with Crippen LogP contribution in [0.15, 0.2) is 36.7 Å². The van der Waals surface area contributed by atoms with Gasteiger partial charge in [0.2, 0.25) is 0 Å². The Labute approximate surface area is 108 Å². The molecule has 2 rings (SSSR count). The highest BCUT2D eigenvalue weighted by molar-refractivity contribution is 5.25. The Morgan fingerprint density at radius 2 is 2.06 bits per heavy atom. The fourth-order valence-electron chi connectivity index (χ4n) is 1.99. The Hall–Kier alpha value is -1.65. The van der Waals surface area contributed by atoms with Gasteiger partial charge in [0.05, 0.1) is 12.2 Å². The third-order valence-corrected chi connectivity index (χ3v) is 3.13. The number of hydrogen-bond acceptors (Lipinski definition) is 3. The first kappa shape index (κ1) is 12.8. The highest BCUT2D eigenvalue weighted by Gasteiger charge is 2.11. The maximum Gasteiger partial charge on any atom is 0.0522 e. The highest BCUT2D eigenvalue weighted by Crippen LogP contribution is 2.18. The van der Waals surface area contributed by atoms with E-state index in [1.165, 1.54) is 16.7 Å². The van der Waals surface area contributed by atoms with Crippen molar-refractivity contribution in [1.29, 1.82) is 0 Å². The molecule has 1 aromatic heterocycles. The van der Waals surface area contributed by atoms with Gasteiger partial charge in [-0.25, -0.2) is 0 Å². The number of benzene rings is 1. The summed E-state index contributed by atoms with van der Waals surface area (Å²) in [5.74, 6) is 5.65. The Bertz CT molecular complexity index is 487. The van der Waals surface area contributed by atoms with Crippen molar-refractivity contribution in [2.45, 2.75) is 32.9 Å². The van der Waals surface area contributed by atoms with E-state index in [1.54, 1.807) is 0 Å². The molecule has 0 spiro atoms. The molecule has 1 unspecified atom stereocenters. The maximum absolute atomic E-state index is 5.65. The molecule has 4 heteroatoms. The van der Waals surface area contributed by atoms with Gasteiger partial charge in [-0.1, -0.05) is 29.8 Å². The summed E-state index contributed by atoms with van der Waals surface area (Å²) in [5.41, 5.74) is 6.53. The minimum absolute atomic E-state index is 0.125.